The second-order valence-corrected chi connectivity index (χ2v) is 5.21. The minimum atomic E-state index is -0.425. The number of ether oxygens (including phenoxy) is 1. The van der Waals surface area contributed by atoms with Crippen molar-refractivity contribution < 1.29 is 13.9 Å². The van der Waals surface area contributed by atoms with Gasteiger partial charge in [-0.3, -0.25) is 4.79 Å². The largest absolute Gasteiger partial charge is 0.492 e. The van der Waals surface area contributed by atoms with Gasteiger partial charge in [0.1, 0.15) is 17.6 Å². The lowest BCUT2D eigenvalue weighted by Crippen LogP contribution is -2.22. The van der Waals surface area contributed by atoms with Crippen LogP contribution in [0.1, 0.15) is 12.5 Å². The van der Waals surface area contributed by atoms with Crippen LogP contribution in [0.2, 0.25) is 5.02 Å². The van der Waals surface area contributed by atoms with Gasteiger partial charge in [-0.05, 0) is 37.3 Å². The maximum Gasteiger partial charge on any atom is 0.243 e. The van der Waals surface area contributed by atoms with Crippen molar-refractivity contribution in [1.29, 1.82) is 5.26 Å². The maximum absolute atomic E-state index is 13.2. The number of nitrogens with one attached hydrogen (secondary N) is 2. The molecule has 0 atom stereocenters. The first-order valence-corrected chi connectivity index (χ1v) is 7.57. The van der Waals surface area contributed by atoms with Gasteiger partial charge >= 0.3 is 0 Å². The van der Waals surface area contributed by atoms with Gasteiger partial charge in [-0.2, -0.15) is 5.26 Å². The number of benzene rings is 2. The number of nitrogens with zero attached hydrogens (tertiary/aromatic N) is 1. The van der Waals surface area contributed by atoms with Crippen LogP contribution in [0.25, 0.3) is 0 Å². The SMILES string of the molecule is CCOc1cc(F)ccc1NCC(=O)Nc1cc(Cl)ccc1C#N. The van der Waals surface area contributed by atoms with Gasteiger partial charge < -0.3 is 15.4 Å². The molecule has 0 aromatic heterocycles. The Kier molecular flexibility index (Phi) is 5.99. The van der Waals surface area contributed by atoms with E-state index >= 15 is 0 Å². The first-order valence-electron chi connectivity index (χ1n) is 7.19. The third-order valence-corrected chi connectivity index (χ3v) is 3.29. The average molecular weight is 348 g/mol. The molecule has 2 aromatic rings. The summed E-state index contributed by atoms with van der Waals surface area (Å²) in [6, 6.07) is 10.6. The number of amides is 1. The van der Waals surface area contributed by atoms with Gasteiger partial charge in [0.05, 0.1) is 30.1 Å². The molecule has 0 aliphatic carbocycles. The Morgan fingerprint density at radius 2 is 2.08 bits per heavy atom. The molecule has 0 bridgehead atoms. The topological polar surface area (TPSA) is 74.2 Å². The normalized spacial score (nSPS) is 9.92. The molecule has 0 heterocycles. The second-order valence-electron chi connectivity index (χ2n) is 4.78. The van der Waals surface area contributed by atoms with Crippen LogP contribution in [0.15, 0.2) is 36.4 Å². The summed E-state index contributed by atoms with van der Waals surface area (Å²) in [5.74, 6) is -0.475. The molecule has 0 saturated heterocycles. The predicted octanol–water partition coefficient (Wildman–Crippen LogP) is 3.80. The highest BCUT2D eigenvalue weighted by Gasteiger charge is 2.10. The van der Waals surface area contributed by atoms with E-state index in [1.807, 2.05) is 6.07 Å². The van der Waals surface area contributed by atoms with Crippen LogP contribution in [0.4, 0.5) is 15.8 Å². The number of hydrogen-bond donors (Lipinski definition) is 2. The average Bonchev–Trinajstić information content (AvgIpc) is 2.54. The number of carbonyl (C=O) groups is 1. The zero-order chi connectivity index (χ0) is 17.5. The Morgan fingerprint density at radius 1 is 1.29 bits per heavy atom. The third-order valence-electron chi connectivity index (χ3n) is 3.06. The molecule has 1 amide bonds. The molecule has 0 aliphatic rings. The van der Waals surface area contributed by atoms with Crippen LogP contribution < -0.4 is 15.4 Å². The van der Waals surface area contributed by atoms with E-state index in [4.69, 9.17) is 21.6 Å². The molecule has 0 unspecified atom stereocenters. The van der Waals surface area contributed by atoms with E-state index in [9.17, 15) is 9.18 Å². The number of halogens is 2. The van der Waals surface area contributed by atoms with Crippen LogP contribution >= 0.6 is 11.6 Å². The van der Waals surface area contributed by atoms with Gasteiger partial charge in [0, 0.05) is 11.1 Å². The number of carbonyl (C=O) groups excluding carboxylic acids is 1. The van der Waals surface area contributed by atoms with Crippen molar-refractivity contribution in [3.05, 3.63) is 52.8 Å². The van der Waals surface area contributed by atoms with Crippen LogP contribution in [0, 0.1) is 17.1 Å². The summed E-state index contributed by atoms with van der Waals surface area (Å²) in [7, 11) is 0. The van der Waals surface area contributed by atoms with E-state index in [2.05, 4.69) is 10.6 Å². The number of anilines is 2. The van der Waals surface area contributed by atoms with Crippen LogP contribution in [0.3, 0.4) is 0 Å². The highest BCUT2D eigenvalue weighted by atomic mass is 35.5. The van der Waals surface area contributed by atoms with E-state index in [0.29, 0.717) is 34.3 Å². The summed E-state index contributed by atoms with van der Waals surface area (Å²) < 4.78 is 18.6. The summed E-state index contributed by atoms with van der Waals surface area (Å²) >= 11 is 5.87. The fourth-order valence-electron chi connectivity index (χ4n) is 2.00. The lowest BCUT2D eigenvalue weighted by atomic mass is 10.2. The molecule has 124 valence electrons. The van der Waals surface area contributed by atoms with E-state index in [0.717, 1.165) is 0 Å². The van der Waals surface area contributed by atoms with Gasteiger partial charge in [0.25, 0.3) is 0 Å². The van der Waals surface area contributed by atoms with E-state index in [1.165, 1.54) is 30.3 Å². The summed E-state index contributed by atoms with van der Waals surface area (Å²) in [6.45, 7) is 2.07. The number of nitriles is 1. The molecule has 5 nitrogen and oxygen atoms in total. The summed E-state index contributed by atoms with van der Waals surface area (Å²) in [6.07, 6.45) is 0. The molecular formula is C17H15ClFN3O2. The first-order chi connectivity index (χ1) is 11.5. The molecule has 0 radical (unpaired) electrons. The quantitative estimate of drug-likeness (QED) is 0.833. The van der Waals surface area contributed by atoms with Crippen LogP contribution in [-0.4, -0.2) is 19.1 Å². The predicted molar refractivity (Wildman–Crippen MR) is 90.9 cm³/mol. The Labute approximate surface area is 144 Å². The third kappa shape index (κ3) is 4.61. The van der Waals surface area contributed by atoms with Crippen molar-refractivity contribution in [3.63, 3.8) is 0 Å². The van der Waals surface area contributed by atoms with Crippen LogP contribution in [0.5, 0.6) is 5.75 Å². The molecule has 2 aromatic carbocycles. The first kappa shape index (κ1) is 17.6. The smallest absolute Gasteiger partial charge is 0.243 e. The number of hydrogen-bond acceptors (Lipinski definition) is 4. The minimum Gasteiger partial charge on any atom is -0.492 e. The van der Waals surface area contributed by atoms with Crippen molar-refractivity contribution in [3.8, 4) is 11.8 Å². The number of rotatable bonds is 6. The maximum atomic E-state index is 13.2. The standard InChI is InChI=1S/C17H15ClFN3O2/c1-2-24-16-8-13(19)5-6-14(16)21-10-17(23)22-15-7-12(18)4-3-11(15)9-20/h3-8,21H,2,10H2,1H3,(H,22,23). The lowest BCUT2D eigenvalue weighted by molar-refractivity contribution is -0.114. The Morgan fingerprint density at radius 3 is 2.79 bits per heavy atom. The summed E-state index contributed by atoms with van der Waals surface area (Å²) in [5, 5.41) is 14.9. The van der Waals surface area contributed by atoms with Crippen molar-refractivity contribution in [1.82, 2.24) is 0 Å². The van der Waals surface area contributed by atoms with Gasteiger partial charge in [-0.15, -0.1) is 0 Å². The summed E-state index contributed by atoms with van der Waals surface area (Å²) in [4.78, 5) is 12.1. The van der Waals surface area contributed by atoms with E-state index in [-0.39, 0.29) is 12.5 Å². The molecule has 2 N–H and O–H groups in total. The van der Waals surface area contributed by atoms with E-state index < -0.39 is 5.82 Å². The van der Waals surface area contributed by atoms with E-state index in [1.54, 1.807) is 13.0 Å². The van der Waals surface area contributed by atoms with Crippen molar-refractivity contribution in [2.24, 2.45) is 0 Å². The fourth-order valence-corrected chi connectivity index (χ4v) is 2.18. The highest BCUT2D eigenvalue weighted by Crippen LogP contribution is 2.25. The van der Waals surface area contributed by atoms with Gasteiger partial charge in [0.15, 0.2) is 0 Å². The molecule has 2 rings (SSSR count). The van der Waals surface area contributed by atoms with Crippen molar-refractivity contribution in [2.45, 2.75) is 6.92 Å². The summed E-state index contributed by atoms with van der Waals surface area (Å²) in [5.41, 5.74) is 1.14. The molecule has 0 aliphatic heterocycles. The monoisotopic (exact) mass is 347 g/mol. The minimum absolute atomic E-state index is 0.0803. The van der Waals surface area contributed by atoms with Gasteiger partial charge in [-0.1, -0.05) is 11.6 Å². The molecule has 0 spiro atoms. The Hall–Kier alpha value is -2.78. The zero-order valence-electron chi connectivity index (χ0n) is 12.9. The van der Waals surface area contributed by atoms with Gasteiger partial charge in [0.2, 0.25) is 5.91 Å². The molecule has 0 fully saturated rings. The fraction of sp³-hybridized carbons (Fsp3) is 0.176. The van der Waals surface area contributed by atoms with Crippen LogP contribution in [-0.2, 0) is 4.79 Å². The highest BCUT2D eigenvalue weighted by molar-refractivity contribution is 6.31. The lowest BCUT2D eigenvalue weighted by Gasteiger charge is -2.13. The molecule has 0 saturated carbocycles. The second kappa shape index (κ2) is 8.18. The molecular weight excluding hydrogens is 333 g/mol. The zero-order valence-corrected chi connectivity index (χ0v) is 13.7. The Bertz CT molecular complexity index is 790. The molecule has 24 heavy (non-hydrogen) atoms. The van der Waals surface area contributed by atoms with Gasteiger partial charge in [-0.25, -0.2) is 4.39 Å². The Balaban J connectivity index is 2.04. The van der Waals surface area contributed by atoms with Crippen molar-refractivity contribution >= 4 is 28.9 Å². The van der Waals surface area contributed by atoms with Crippen molar-refractivity contribution in [2.75, 3.05) is 23.8 Å². The molecule has 7 heteroatoms.